The number of pyridine rings is 1. The van der Waals surface area contributed by atoms with Crippen LogP contribution in [0.4, 0.5) is 11.5 Å². The fraction of sp³-hybridized carbons (Fsp3) is 0.435. The number of sulfonamides is 1. The zero-order valence-corrected chi connectivity index (χ0v) is 20.3. The summed E-state index contributed by atoms with van der Waals surface area (Å²) in [6.07, 6.45) is 2.17. The molecule has 34 heavy (non-hydrogen) atoms. The average Bonchev–Trinajstić information content (AvgIpc) is 3.24. The minimum absolute atomic E-state index is 0.0304. The zero-order valence-electron chi connectivity index (χ0n) is 18.8. The number of rotatable bonds is 8. The van der Waals surface area contributed by atoms with Crippen molar-refractivity contribution >= 4 is 44.9 Å². The number of aromatic nitrogens is 1. The molecule has 0 spiro atoms. The zero-order chi connectivity index (χ0) is 24.1. The van der Waals surface area contributed by atoms with E-state index in [0.717, 1.165) is 5.82 Å². The number of hydrogen-bond acceptors (Lipinski definition) is 6. The van der Waals surface area contributed by atoms with E-state index in [-0.39, 0.29) is 30.5 Å². The highest BCUT2D eigenvalue weighted by Crippen LogP contribution is 2.26. The summed E-state index contributed by atoms with van der Waals surface area (Å²) in [5.74, 6) is 0.0139. The molecule has 1 unspecified atom stereocenters. The van der Waals surface area contributed by atoms with E-state index >= 15 is 0 Å². The Hall–Kier alpha value is -2.69. The van der Waals surface area contributed by atoms with E-state index < -0.39 is 15.9 Å². The van der Waals surface area contributed by atoms with Gasteiger partial charge < -0.3 is 15.1 Å². The largest absolute Gasteiger partial charge is 0.356 e. The molecule has 0 bridgehead atoms. The number of hydrogen-bond donors (Lipinski definition) is 1. The first-order valence-electron chi connectivity index (χ1n) is 11.3. The first-order chi connectivity index (χ1) is 16.3. The third-order valence-electron chi connectivity index (χ3n) is 6.12. The first-order valence-corrected chi connectivity index (χ1v) is 13.3. The SMILES string of the molecule is O=C(NCCCS(=O)(=O)N1CCN(c2ccccn2)CC1)C1CC(=O)N(c2ccc(Cl)cc2)C1. The van der Waals surface area contributed by atoms with Gasteiger partial charge in [-0.05, 0) is 42.8 Å². The van der Waals surface area contributed by atoms with E-state index in [0.29, 0.717) is 49.9 Å². The van der Waals surface area contributed by atoms with Crippen molar-refractivity contribution in [3.8, 4) is 0 Å². The monoisotopic (exact) mass is 505 g/mol. The molecule has 9 nitrogen and oxygen atoms in total. The molecule has 2 aliphatic rings. The maximum atomic E-state index is 12.7. The lowest BCUT2D eigenvalue weighted by Gasteiger charge is -2.34. The van der Waals surface area contributed by atoms with Gasteiger partial charge in [-0.15, -0.1) is 0 Å². The molecule has 182 valence electrons. The lowest BCUT2D eigenvalue weighted by molar-refractivity contribution is -0.126. The van der Waals surface area contributed by atoms with Gasteiger partial charge in [-0.25, -0.2) is 13.4 Å². The maximum absolute atomic E-state index is 12.7. The number of halogens is 1. The van der Waals surface area contributed by atoms with Crippen molar-refractivity contribution < 1.29 is 18.0 Å². The predicted molar refractivity (Wildman–Crippen MR) is 131 cm³/mol. The van der Waals surface area contributed by atoms with Crippen LogP contribution in [-0.2, 0) is 19.6 Å². The number of carbonyl (C=O) groups is 2. The molecule has 11 heteroatoms. The summed E-state index contributed by atoms with van der Waals surface area (Å²) in [5.41, 5.74) is 0.707. The van der Waals surface area contributed by atoms with Crippen molar-refractivity contribution in [3.63, 3.8) is 0 Å². The molecular weight excluding hydrogens is 478 g/mol. The van der Waals surface area contributed by atoms with Crippen LogP contribution in [0.3, 0.4) is 0 Å². The fourth-order valence-electron chi connectivity index (χ4n) is 4.23. The molecule has 1 N–H and O–H groups in total. The topological polar surface area (TPSA) is 103 Å². The Kier molecular flexibility index (Phi) is 7.70. The second-order valence-electron chi connectivity index (χ2n) is 8.42. The number of benzene rings is 1. The molecule has 3 heterocycles. The number of amides is 2. The van der Waals surface area contributed by atoms with Crippen molar-refractivity contribution in [1.29, 1.82) is 0 Å². The summed E-state index contributed by atoms with van der Waals surface area (Å²) >= 11 is 5.90. The van der Waals surface area contributed by atoms with Crippen molar-refractivity contribution in [2.45, 2.75) is 12.8 Å². The van der Waals surface area contributed by atoms with E-state index in [2.05, 4.69) is 15.2 Å². The van der Waals surface area contributed by atoms with Crippen LogP contribution in [0.15, 0.2) is 48.7 Å². The lowest BCUT2D eigenvalue weighted by atomic mass is 10.1. The molecule has 2 fully saturated rings. The minimum Gasteiger partial charge on any atom is -0.356 e. The average molecular weight is 506 g/mol. The van der Waals surface area contributed by atoms with Gasteiger partial charge >= 0.3 is 0 Å². The number of anilines is 2. The summed E-state index contributed by atoms with van der Waals surface area (Å²) < 4.78 is 26.9. The normalized spacial score (nSPS) is 19.4. The van der Waals surface area contributed by atoms with Gasteiger partial charge in [0.25, 0.3) is 0 Å². The predicted octanol–water partition coefficient (Wildman–Crippen LogP) is 1.75. The van der Waals surface area contributed by atoms with Crippen LogP contribution in [-0.4, -0.2) is 74.5 Å². The van der Waals surface area contributed by atoms with Gasteiger partial charge in [0, 0.05) is 62.6 Å². The summed E-state index contributed by atoms with van der Waals surface area (Å²) in [7, 11) is -3.40. The molecule has 1 aromatic heterocycles. The van der Waals surface area contributed by atoms with Crippen LogP contribution in [0.1, 0.15) is 12.8 Å². The summed E-state index contributed by atoms with van der Waals surface area (Å²) in [6, 6.07) is 12.6. The summed E-state index contributed by atoms with van der Waals surface area (Å²) in [4.78, 5) is 32.9. The summed E-state index contributed by atoms with van der Waals surface area (Å²) in [6.45, 7) is 2.55. The highest BCUT2D eigenvalue weighted by atomic mass is 35.5. The Labute approximate surface area is 204 Å². The van der Waals surface area contributed by atoms with Crippen LogP contribution >= 0.6 is 11.6 Å². The number of nitrogens with one attached hydrogen (secondary N) is 1. The Morgan fingerprint density at radius 3 is 2.50 bits per heavy atom. The minimum atomic E-state index is -3.40. The second-order valence-corrected chi connectivity index (χ2v) is 10.9. The van der Waals surface area contributed by atoms with Crippen LogP contribution in [0.5, 0.6) is 0 Å². The quantitative estimate of drug-likeness (QED) is 0.548. The maximum Gasteiger partial charge on any atom is 0.227 e. The van der Waals surface area contributed by atoms with Gasteiger partial charge in [-0.3, -0.25) is 9.59 Å². The number of piperazine rings is 1. The fourth-order valence-corrected chi connectivity index (χ4v) is 5.84. The van der Waals surface area contributed by atoms with Crippen LogP contribution < -0.4 is 15.1 Å². The molecule has 0 radical (unpaired) electrons. The highest BCUT2D eigenvalue weighted by Gasteiger charge is 2.35. The Balaban J connectivity index is 1.19. The second kappa shape index (κ2) is 10.7. The van der Waals surface area contributed by atoms with Gasteiger partial charge in [0.15, 0.2) is 0 Å². The standard InChI is InChI=1S/C23H28ClN5O4S/c24-19-5-7-20(8-6-19)29-17-18(16-22(29)30)23(31)26-10-3-15-34(32,33)28-13-11-27(12-14-28)21-4-1-2-9-25-21/h1-2,4-9,18H,3,10-17H2,(H,26,31). The highest BCUT2D eigenvalue weighted by molar-refractivity contribution is 7.89. The molecule has 2 aliphatic heterocycles. The molecule has 1 aromatic carbocycles. The Morgan fingerprint density at radius 2 is 1.82 bits per heavy atom. The molecule has 2 amide bonds. The van der Waals surface area contributed by atoms with Crippen molar-refractivity contribution in [2.75, 3.05) is 54.8 Å². The molecule has 2 aromatic rings. The molecular formula is C23H28ClN5O4S. The first kappa shape index (κ1) is 24.4. The van der Waals surface area contributed by atoms with Crippen molar-refractivity contribution in [3.05, 3.63) is 53.7 Å². The van der Waals surface area contributed by atoms with E-state index in [1.165, 1.54) is 4.31 Å². The molecule has 1 atom stereocenters. The van der Waals surface area contributed by atoms with E-state index in [4.69, 9.17) is 11.6 Å². The molecule has 0 aliphatic carbocycles. The van der Waals surface area contributed by atoms with Gasteiger partial charge in [0.1, 0.15) is 5.82 Å². The van der Waals surface area contributed by atoms with Crippen molar-refractivity contribution in [1.82, 2.24) is 14.6 Å². The molecule has 0 saturated carbocycles. The lowest BCUT2D eigenvalue weighted by Crippen LogP contribution is -2.49. The van der Waals surface area contributed by atoms with E-state index in [1.807, 2.05) is 18.2 Å². The van der Waals surface area contributed by atoms with E-state index in [1.54, 1.807) is 35.4 Å². The third-order valence-corrected chi connectivity index (χ3v) is 8.33. The van der Waals surface area contributed by atoms with Crippen molar-refractivity contribution in [2.24, 2.45) is 5.92 Å². The van der Waals surface area contributed by atoms with Gasteiger partial charge in [-0.1, -0.05) is 17.7 Å². The van der Waals surface area contributed by atoms with Gasteiger partial charge in [0.05, 0.1) is 11.7 Å². The molecule has 4 rings (SSSR count). The van der Waals surface area contributed by atoms with Crippen LogP contribution in [0, 0.1) is 5.92 Å². The third kappa shape index (κ3) is 5.86. The van der Waals surface area contributed by atoms with Crippen LogP contribution in [0.2, 0.25) is 5.02 Å². The van der Waals surface area contributed by atoms with Gasteiger partial charge in [-0.2, -0.15) is 4.31 Å². The van der Waals surface area contributed by atoms with E-state index in [9.17, 15) is 18.0 Å². The van der Waals surface area contributed by atoms with Gasteiger partial charge in [0.2, 0.25) is 21.8 Å². The summed E-state index contributed by atoms with van der Waals surface area (Å²) in [5, 5.41) is 3.37. The van der Waals surface area contributed by atoms with Crippen LogP contribution in [0.25, 0.3) is 0 Å². The number of carbonyl (C=O) groups excluding carboxylic acids is 2. The Morgan fingerprint density at radius 1 is 1.09 bits per heavy atom. The Bertz CT molecular complexity index is 1110. The number of nitrogens with zero attached hydrogens (tertiary/aromatic N) is 4. The molecule has 2 saturated heterocycles. The smallest absolute Gasteiger partial charge is 0.227 e.